The molecule has 1 aromatic heterocycles. The first-order valence-electron chi connectivity index (χ1n) is 8.90. The number of para-hydroxylation sites is 1. The molecule has 0 bridgehead atoms. The molecule has 0 N–H and O–H groups in total. The molecule has 0 aliphatic heterocycles. The number of ether oxygens (including phenoxy) is 1. The summed E-state index contributed by atoms with van der Waals surface area (Å²) in [5, 5.41) is 5.49. The van der Waals surface area contributed by atoms with Crippen molar-refractivity contribution >= 4 is 29.1 Å². The number of amides is 1. The maximum atomic E-state index is 12.5. The lowest BCUT2D eigenvalue weighted by Gasteiger charge is -2.13. The van der Waals surface area contributed by atoms with Gasteiger partial charge in [-0.3, -0.25) is 4.79 Å². The van der Waals surface area contributed by atoms with E-state index in [1.165, 1.54) is 12.3 Å². The molecule has 3 aromatic rings. The van der Waals surface area contributed by atoms with Gasteiger partial charge in [-0.2, -0.15) is 5.10 Å². The maximum absolute atomic E-state index is 12.5. The van der Waals surface area contributed by atoms with Crippen LogP contribution in [-0.4, -0.2) is 22.3 Å². The van der Waals surface area contributed by atoms with Crippen molar-refractivity contribution in [3.05, 3.63) is 81.8 Å². The first-order valence-corrected chi connectivity index (χ1v) is 9.66. The Morgan fingerprint density at radius 1 is 1.11 bits per heavy atom. The van der Waals surface area contributed by atoms with E-state index >= 15 is 0 Å². The van der Waals surface area contributed by atoms with Gasteiger partial charge in [-0.05, 0) is 36.8 Å². The molecule has 5 nitrogen and oxygen atoms in total. The van der Waals surface area contributed by atoms with Gasteiger partial charge in [-0.25, -0.2) is 9.67 Å². The number of unbranched alkanes of at least 4 members (excludes halogenated alkanes) is 1. The Morgan fingerprint density at radius 2 is 1.89 bits per heavy atom. The molecule has 28 heavy (non-hydrogen) atoms. The van der Waals surface area contributed by atoms with Crippen molar-refractivity contribution in [3.8, 4) is 11.6 Å². The summed E-state index contributed by atoms with van der Waals surface area (Å²) in [6.07, 6.45) is 3.45. The van der Waals surface area contributed by atoms with Crippen LogP contribution in [0.4, 0.5) is 0 Å². The average molecular weight is 416 g/mol. The predicted octanol–water partition coefficient (Wildman–Crippen LogP) is 5.10. The van der Waals surface area contributed by atoms with Crippen molar-refractivity contribution in [2.24, 2.45) is 4.99 Å². The molecule has 0 unspecified atom stereocenters. The molecule has 0 spiro atoms. The van der Waals surface area contributed by atoms with E-state index < -0.39 is 5.91 Å². The van der Waals surface area contributed by atoms with Crippen LogP contribution in [0.2, 0.25) is 10.0 Å². The van der Waals surface area contributed by atoms with Crippen LogP contribution in [0, 0.1) is 0 Å². The van der Waals surface area contributed by atoms with Gasteiger partial charge in [0.15, 0.2) is 0 Å². The second-order valence-corrected chi connectivity index (χ2v) is 6.86. The smallest absolute Gasteiger partial charge is 0.277 e. The minimum atomic E-state index is -0.433. The molecule has 144 valence electrons. The van der Waals surface area contributed by atoms with Gasteiger partial charge in [0.25, 0.3) is 5.91 Å². The summed E-state index contributed by atoms with van der Waals surface area (Å²) in [6.45, 7) is 2.64. The molecule has 3 rings (SSSR count). The number of nitrogens with zero attached hydrogens (tertiary/aromatic N) is 3. The number of rotatable bonds is 6. The molecular weight excluding hydrogens is 397 g/mol. The Kier molecular flexibility index (Phi) is 6.85. The fourth-order valence-corrected chi connectivity index (χ4v) is 2.76. The van der Waals surface area contributed by atoms with Crippen LogP contribution in [0.25, 0.3) is 5.69 Å². The van der Waals surface area contributed by atoms with Gasteiger partial charge < -0.3 is 4.74 Å². The summed E-state index contributed by atoms with van der Waals surface area (Å²) in [4.78, 5) is 16.6. The Bertz CT molecular complexity index is 1030. The zero-order chi connectivity index (χ0) is 19.9. The normalized spacial score (nSPS) is 11.5. The van der Waals surface area contributed by atoms with Crippen LogP contribution < -0.4 is 10.1 Å². The van der Waals surface area contributed by atoms with Crippen molar-refractivity contribution in [3.63, 3.8) is 0 Å². The Morgan fingerprint density at radius 3 is 2.61 bits per heavy atom. The summed E-state index contributed by atoms with van der Waals surface area (Å²) in [5.74, 6) is 0.0835. The number of hydrogen-bond donors (Lipinski definition) is 0. The second kappa shape index (κ2) is 9.53. The Labute approximate surface area is 173 Å². The van der Waals surface area contributed by atoms with Crippen molar-refractivity contribution < 1.29 is 9.53 Å². The van der Waals surface area contributed by atoms with E-state index in [2.05, 4.69) is 17.0 Å². The van der Waals surface area contributed by atoms with Crippen LogP contribution >= 0.6 is 23.2 Å². The number of hydrogen-bond acceptors (Lipinski definition) is 3. The third-order valence-corrected chi connectivity index (χ3v) is 4.67. The van der Waals surface area contributed by atoms with Gasteiger partial charge >= 0.3 is 0 Å². The lowest BCUT2D eigenvalue weighted by Crippen LogP contribution is -2.15. The monoisotopic (exact) mass is 415 g/mol. The minimum absolute atomic E-state index is 0.305. The van der Waals surface area contributed by atoms with Crippen molar-refractivity contribution in [1.29, 1.82) is 0 Å². The van der Waals surface area contributed by atoms with Gasteiger partial charge in [0.05, 0.1) is 33.9 Å². The van der Waals surface area contributed by atoms with Crippen molar-refractivity contribution in [2.75, 3.05) is 6.61 Å². The van der Waals surface area contributed by atoms with Crippen LogP contribution in [0.15, 0.2) is 65.8 Å². The average Bonchev–Trinajstić information content (AvgIpc) is 2.71. The first kappa shape index (κ1) is 20.1. The lowest BCUT2D eigenvalue weighted by molar-refractivity contribution is 0.0998. The van der Waals surface area contributed by atoms with E-state index in [-0.39, 0.29) is 0 Å². The standard InChI is InChI=1S/C21H19Cl2N3O2/c1-2-3-11-28-20-13-16(14-24-26(20)17-7-5-4-6-8-17)25-21(27)15-9-10-18(22)19(23)12-15/h4-10,12-14H,2-3,11H2,1H3. The zero-order valence-electron chi connectivity index (χ0n) is 15.3. The van der Waals surface area contributed by atoms with Gasteiger partial charge in [-0.1, -0.05) is 54.7 Å². The van der Waals surface area contributed by atoms with Crippen LogP contribution in [-0.2, 0) is 0 Å². The summed E-state index contributed by atoms with van der Waals surface area (Å²) in [7, 11) is 0. The van der Waals surface area contributed by atoms with Gasteiger partial charge in [0, 0.05) is 11.6 Å². The number of carbonyl (C=O) groups excluding carboxylic acids is 1. The molecule has 0 saturated heterocycles. The van der Waals surface area contributed by atoms with E-state index in [0.29, 0.717) is 33.5 Å². The lowest BCUT2D eigenvalue weighted by atomic mass is 10.2. The Balaban J connectivity index is 1.96. The molecule has 0 atom stereocenters. The molecule has 2 aromatic carbocycles. The SMILES string of the molecule is CCCCOc1cc(=NC(=O)c2ccc(Cl)c(Cl)c2)cnn1-c1ccccc1. The van der Waals surface area contributed by atoms with Gasteiger partial charge in [0.1, 0.15) is 0 Å². The molecule has 0 aliphatic carbocycles. The molecular formula is C21H19Cl2N3O2. The second-order valence-electron chi connectivity index (χ2n) is 6.05. The van der Waals surface area contributed by atoms with E-state index in [4.69, 9.17) is 27.9 Å². The molecule has 1 amide bonds. The quantitative estimate of drug-likeness (QED) is 0.526. The Hall–Kier alpha value is -2.63. The number of benzene rings is 2. The third kappa shape index (κ3) is 5.00. The molecule has 0 radical (unpaired) electrons. The fourth-order valence-electron chi connectivity index (χ4n) is 2.46. The molecule has 1 heterocycles. The van der Waals surface area contributed by atoms with Crippen LogP contribution in [0.3, 0.4) is 0 Å². The fraction of sp³-hybridized carbons (Fsp3) is 0.190. The number of carbonyl (C=O) groups is 1. The molecule has 0 fully saturated rings. The topological polar surface area (TPSA) is 56.5 Å². The van der Waals surface area contributed by atoms with Crippen molar-refractivity contribution in [1.82, 2.24) is 9.78 Å². The predicted molar refractivity (Wildman–Crippen MR) is 110 cm³/mol. The maximum Gasteiger partial charge on any atom is 0.277 e. The number of aromatic nitrogens is 2. The zero-order valence-corrected chi connectivity index (χ0v) is 16.8. The highest BCUT2D eigenvalue weighted by molar-refractivity contribution is 6.42. The first-order chi connectivity index (χ1) is 13.6. The minimum Gasteiger partial charge on any atom is -0.478 e. The summed E-state index contributed by atoms with van der Waals surface area (Å²) in [5.41, 5.74) is 1.21. The van der Waals surface area contributed by atoms with E-state index in [0.717, 1.165) is 18.5 Å². The summed E-state index contributed by atoms with van der Waals surface area (Å²) in [6, 6.07) is 16.0. The van der Waals surface area contributed by atoms with Gasteiger partial charge in [-0.15, -0.1) is 0 Å². The largest absolute Gasteiger partial charge is 0.478 e. The number of halogens is 2. The highest BCUT2D eigenvalue weighted by atomic mass is 35.5. The van der Waals surface area contributed by atoms with E-state index in [9.17, 15) is 4.79 Å². The van der Waals surface area contributed by atoms with Crippen LogP contribution in [0.1, 0.15) is 30.1 Å². The van der Waals surface area contributed by atoms with Gasteiger partial charge in [0.2, 0.25) is 5.88 Å². The molecule has 0 saturated carbocycles. The van der Waals surface area contributed by atoms with E-state index in [1.807, 2.05) is 30.3 Å². The highest BCUT2D eigenvalue weighted by Gasteiger charge is 2.09. The van der Waals surface area contributed by atoms with Crippen molar-refractivity contribution in [2.45, 2.75) is 19.8 Å². The van der Waals surface area contributed by atoms with E-state index in [1.54, 1.807) is 22.9 Å². The molecule has 0 aliphatic rings. The molecule has 7 heteroatoms. The summed E-state index contributed by atoms with van der Waals surface area (Å²) < 4.78 is 7.56. The highest BCUT2D eigenvalue weighted by Crippen LogP contribution is 2.23. The van der Waals surface area contributed by atoms with Crippen LogP contribution in [0.5, 0.6) is 5.88 Å². The third-order valence-electron chi connectivity index (χ3n) is 3.93. The summed E-state index contributed by atoms with van der Waals surface area (Å²) >= 11 is 11.9.